The van der Waals surface area contributed by atoms with Crippen molar-refractivity contribution >= 4 is 17.4 Å². The fourth-order valence-corrected chi connectivity index (χ4v) is 5.10. The summed E-state index contributed by atoms with van der Waals surface area (Å²) in [6, 6.07) is 5.25. The van der Waals surface area contributed by atoms with Gasteiger partial charge in [0.1, 0.15) is 23.3 Å². The van der Waals surface area contributed by atoms with Crippen LogP contribution in [0.1, 0.15) is 49.7 Å². The lowest BCUT2D eigenvalue weighted by Gasteiger charge is -2.37. The molecule has 1 N–H and O–H groups in total. The molecule has 1 aromatic carbocycles. The quantitative estimate of drug-likeness (QED) is 0.560. The Bertz CT molecular complexity index is 1360. The highest BCUT2D eigenvalue weighted by atomic mass is 19.3. The zero-order valence-corrected chi connectivity index (χ0v) is 21.1. The first-order valence-electron chi connectivity index (χ1n) is 12.6. The molecule has 4 aliphatic heterocycles. The van der Waals surface area contributed by atoms with Crippen LogP contribution in [-0.2, 0) is 11.3 Å². The first kappa shape index (κ1) is 25.0. The number of aryl methyl sites for hydroxylation is 1. The molecule has 5 rings (SSSR count). The standard InChI is InChI=1S/C26H30F3N7O/c1-4-21(37)35-12-10-34(11-13-35)20-14-19-24(32-16(3)33-25(19)36-9-8-30-26(20)36)31-15(2)17-6-5-7-18(22(17)27)23(28)29/h5-7,14-15,23,30H,4,8-13H2,1-3H3/t15-/m1/s1. The number of hydrogen-bond acceptors (Lipinski definition) is 6. The fraction of sp³-hybridized carbons (Fsp3) is 0.462. The van der Waals surface area contributed by atoms with Crippen molar-refractivity contribution in [2.75, 3.05) is 42.9 Å². The summed E-state index contributed by atoms with van der Waals surface area (Å²) in [7, 11) is 0. The van der Waals surface area contributed by atoms with Gasteiger partial charge in [-0.05, 0) is 19.9 Å². The number of piperazine rings is 1. The lowest BCUT2D eigenvalue weighted by atomic mass is 10.0. The maximum atomic E-state index is 14.9. The Morgan fingerprint density at radius 1 is 1.14 bits per heavy atom. The van der Waals surface area contributed by atoms with Crippen molar-refractivity contribution in [3.8, 4) is 11.4 Å². The van der Waals surface area contributed by atoms with Crippen LogP contribution < -0.4 is 15.7 Å². The van der Waals surface area contributed by atoms with E-state index in [1.807, 2.05) is 17.9 Å². The predicted octanol–water partition coefficient (Wildman–Crippen LogP) is 3.91. The molecule has 1 saturated heterocycles. The number of carbonyl (C=O) groups excluding carboxylic acids is 1. The molecule has 37 heavy (non-hydrogen) atoms. The molecule has 0 aromatic heterocycles. The Balaban J connectivity index is 1.59. The molecular formula is C26H30F3N7O. The predicted molar refractivity (Wildman–Crippen MR) is 134 cm³/mol. The van der Waals surface area contributed by atoms with Gasteiger partial charge in [0.25, 0.3) is 6.43 Å². The summed E-state index contributed by atoms with van der Waals surface area (Å²) in [6.45, 7) is 9.43. The molecule has 11 heteroatoms. The molecule has 1 amide bonds. The van der Waals surface area contributed by atoms with Gasteiger partial charge in [-0.25, -0.2) is 23.1 Å². The second-order valence-electron chi connectivity index (χ2n) is 9.37. The zero-order valence-electron chi connectivity index (χ0n) is 21.1. The number of hydrogen-bond donors (Lipinski definition) is 1. The van der Waals surface area contributed by atoms with E-state index in [1.54, 1.807) is 13.8 Å². The molecule has 1 fully saturated rings. The second kappa shape index (κ2) is 10.0. The number of halogens is 3. The molecule has 4 heterocycles. The van der Waals surface area contributed by atoms with Crippen LogP contribution in [0.2, 0.25) is 0 Å². The van der Waals surface area contributed by atoms with E-state index < -0.39 is 23.8 Å². The molecule has 0 bridgehead atoms. The number of pyridine rings is 1. The van der Waals surface area contributed by atoms with E-state index in [-0.39, 0.29) is 11.5 Å². The fourth-order valence-electron chi connectivity index (χ4n) is 5.10. The van der Waals surface area contributed by atoms with E-state index in [0.717, 1.165) is 24.1 Å². The number of aromatic nitrogens is 3. The average Bonchev–Trinajstić information content (AvgIpc) is 3.38. The number of nitrogens with one attached hydrogen (secondary N) is 1. The summed E-state index contributed by atoms with van der Waals surface area (Å²) in [4.78, 5) is 30.2. The van der Waals surface area contributed by atoms with Crippen LogP contribution in [0.5, 0.6) is 0 Å². The molecule has 0 saturated carbocycles. The minimum Gasteiger partial charge on any atom is -0.368 e. The van der Waals surface area contributed by atoms with Gasteiger partial charge in [-0.3, -0.25) is 9.79 Å². The molecule has 1 atom stereocenters. The van der Waals surface area contributed by atoms with Crippen LogP contribution in [-0.4, -0.2) is 58.1 Å². The van der Waals surface area contributed by atoms with Gasteiger partial charge in [-0.2, -0.15) is 0 Å². The second-order valence-corrected chi connectivity index (χ2v) is 9.37. The lowest BCUT2D eigenvalue weighted by Crippen LogP contribution is -2.48. The van der Waals surface area contributed by atoms with Crippen LogP contribution in [0, 0.1) is 12.7 Å². The molecule has 0 unspecified atom stereocenters. The summed E-state index contributed by atoms with van der Waals surface area (Å²) in [6.07, 6.45) is -2.42. The van der Waals surface area contributed by atoms with E-state index in [9.17, 15) is 18.0 Å². The third kappa shape index (κ3) is 4.62. The van der Waals surface area contributed by atoms with Crippen molar-refractivity contribution in [2.24, 2.45) is 4.99 Å². The minimum atomic E-state index is -2.91. The summed E-state index contributed by atoms with van der Waals surface area (Å²) in [5.74, 6) is 1.39. The highest BCUT2D eigenvalue weighted by molar-refractivity contribution is 5.78. The molecular weight excluding hydrogens is 483 g/mol. The van der Waals surface area contributed by atoms with Gasteiger partial charge >= 0.3 is 0 Å². The number of fused-ring (bicyclic) bond motifs is 3. The van der Waals surface area contributed by atoms with E-state index in [0.29, 0.717) is 61.8 Å². The van der Waals surface area contributed by atoms with Gasteiger partial charge in [-0.1, -0.05) is 25.1 Å². The monoisotopic (exact) mass is 513 g/mol. The Hall–Kier alpha value is -3.63. The first-order valence-corrected chi connectivity index (χ1v) is 12.6. The SMILES string of the molecule is CCC(=O)N1CCN(c2cc3c(=N[C@H](C)c4cccc(C(F)F)c4F)nc(C)nc-3n3c2NCC3)CC1. The lowest BCUT2D eigenvalue weighted by molar-refractivity contribution is -0.131. The summed E-state index contributed by atoms with van der Waals surface area (Å²) < 4.78 is 43.5. The van der Waals surface area contributed by atoms with Gasteiger partial charge in [0, 0.05) is 51.3 Å². The Labute approximate surface area is 213 Å². The van der Waals surface area contributed by atoms with Crippen molar-refractivity contribution < 1.29 is 18.0 Å². The van der Waals surface area contributed by atoms with E-state index in [2.05, 4.69) is 24.8 Å². The van der Waals surface area contributed by atoms with E-state index in [4.69, 9.17) is 4.99 Å². The van der Waals surface area contributed by atoms with E-state index in [1.165, 1.54) is 12.1 Å². The molecule has 0 radical (unpaired) electrons. The Morgan fingerprint density at radius 3 is 2.57 bits per heavy atom. The molecule has 1 aromatic rings. The van der Waals surface area contributed by atoms with Crippen LogP contribution in [0.15, 0.2) is 29.3 Å². The van der Waals surface area contributed by atoms with Crippen molar-refractivity contribution in [3.63, 3.8) is 0 Å². The minimum absolute atomic E-state index is 0.0923. The first-order chi connectivity index (χ1) is 17.8. The molecule has 8 nitrogen and oxygen atoms in total. The largest absolute Gasteiger partial charge is 0.368 e. The summed E-state index contributed by atoms with van der Waals surface area (Å²) in [5.41, 5.74) is 1.52. The van der Waals surface area contributed by atoms with Gasteiger partial charge < -0.3 is 19.7 Å². The number of amides is 1. The summed E-state index contributed by atoms with van der Waals surface area (Å²) in [5, 5.41) is 3.46. The van der Waals surface area contributed by atoms with Crippen LogP contribution in [0.25, 0.3) is 11.4 Å². The zero-order chi connectivity index (χ0) is 26.3. The Morgan fingerprint density at radius 2 is 1.86 bits per heavy atom. The number of alkyl halides is 2. The number of benzene rings is 1. The highest BCUT2D eigenvalue weighted by Crippen LogP contribution is 2.36. The molecule has 0 spiro atoms. The molecule has 0 aliphatic carbocycles. The van der Waals surface area contributed by atoms with Crippen LogP contribution >= 0.6 is 0 Å². The Kier molecular flexibility index (Phi) is 6.78. The maximum absolute atomic E-state index is 14.9. The van der Waals surface area contributed by atoms with Crippen molar-refractivity contribution in [1.82, 2.24) is 19.4 Å². The highest BCUT2D eigenvalue weighted by Gasteiger charge is 2.28. The third-order valence-corrected chi connectivity index (χ3v) is 7.03. The van der Waals surface area contributed by atoms with E-state index >= 15 is 0 Å². The molecule has 4 aliphatic rings. The summed E-state index contributed by atoms with van der Waals surface area (Å²) >= 11 is 0. The molecule has 196 valence electrons. The topological polar surface area (TPSA) is 78.7 Å². The number of carbonyl (C=O) groups is 1. The third-order valence-electron chi connectivity index (χ3n) is 7.03. The van der Waals surface area contributed by atoms with Gasteiger partial charge in [0.2, 0.25) is 5.91 Å². The van der Waals surface area contributed by atoms with Crippen molar-refractivity contribution in [3.05, 3.63) is 52.5 Å². The van der Waals surface area contributed by atoms with Crippen molar-refractivity contribution in [1.29, 1.82) is 0 Å². The average molecular weight is 514 g/mol. The number of anilines is 2. The smallest absolute Gasteiger partial charge is 0.266 e. The maximum Gasteiger partial charge on any atom is 0.266 e. The normalized spacial score (nSPS) is 16.9. The van der Waals surface area contributed by atoms with Crippen molar-refractivity contribution in [2.45, 2.75) is 46.2 Å². The van der Waals surface area contributed by atoms with Gasteiger partial charge in [-0.15, -0.1) is 0 Å². The van der Waals surface area contributed by atoms with Gasteiger partial charge in [0.05, 0.1) is 22.9 Å². The van der Waals surface area contributed by atoms with Gasteiger partial charge in [0.15, 0.2) is 5.49 Å². The number of nitrogens with zero attached hydrogens (tertiary/aromatic N) is 6. The number of rotatable bonds is 5. The van der Waals surface area contributed by atoms with Crippen LogP contribution in [0.4, 0.5) is 24.7 Å². The van der Waals surface area contributed by atoms with Crippen LogP contribution in [0.3, 0.4) is 0 Å².